The number of hydrogen-bond donors (Lipinski definition) is 1. The van der Waals surface area contributed by atoms with Crippen molar-refractivity contribution in [2.45, 2.75) is 26.8 Å². The smallest absolute Gasteiger partial charge is 0.179 e. The summed E-state index contributed by atoms with van der Waals surface area (Å²) in [5.74, 6) is 0.987. The maximum Gasteiger partial charge on any atom is 0.179 e. The van der Waals surface area contributed by atoms with Crippen LogP contribution in [0.15, 0.2) is 23.4 Å². The lowest BCUT2D eigenvalue weighted by atomic mass is 9.92. The summed E-state index contributed by atoms with van der Waals surface area (Å²) in [7, 11) is 3.38. The minimum atomic E-state index is -0.381. The Kier molecular flexibility index (Phi) is 5.72. The SMILES string of the molecule is CCOc1c(Cl)cc(C2NC(=S)N(C)C(C)=C2C(C)=O)cc1OC. The number of halogens is 1. The fraction of sp³-hybridized carbons (Fsp3) is 0.412. The Balaban J connectivity index is 2.59. The van der Waals surface area contributed by atoms with E-state index in [4.69, 9.17) is 33.3 Å². The molecule has 0 bridgehead atoms. The van der Waals surface area contributed by atoms with Gasteiger partial charge in [-0.1, -0.05) is 11.6 Å². The molecule has 0 amide bonds. The number of hydrogen-bond acceptors (Lipinski definition) is 4. The number of rotatable bonds is 5. The molecule has 1 aliphatic heterocycles. The fourth-order valence-corrected chi connectivity index (χ4v) is 3.26. The number of ether oxygens (including phenoxy) is 2. The van der Waals surface area contributed by atoms with Crippen molar-refractivity contribution in [3.63, 3.8) is 0 Å². The van der Waals surface area contributed by atoms with Gasteiger partial charge in [0.05, 0.1) is 24.8 Å². The normalized spacial score (nSPS) is 17.7. The van der Waals surface area contributed by atoms with Gasteiger partial charge >= 0.3 is 0 Å². The van der Waals surface area contributed by atoms with Crippen LogP contribution in [0.4, 0.5) is 0 Å². The molecule has 7 heteroatoms. The summed E-state index contributed by atoms with van der Waals surface area (Å²) in [6.07, 6.45) is 0. The van der Waals surface area contributed by atoms with Gasteiger partial charge in [0.15, 0.2) is 22.4 Å². The number of carbonyl (C=O) groups excluding carboxylic acids is 1. The molecule has 1 aliphatic rings. The van der Waals surface area contributed by atoms with Crippen molar-refractivity contribution < 1.29 is 14.3 Å². The number of nitrogens with zero attached hydrogens (tertiary/aromatic N) is 1. The lowest BCUT2D eigenvalue weighted by molar-refractivity contribution is -0.114. The summed E-state index contributed by atoms with van der Waals surface area (Å²) in [6, 6.07) is 3.21. The monoisotopic (exact) mass is 368 g/mol. The lowest BCUT2D eigenvalue weighted by Gasteiger charge is -2.35. The molecule has 1 unspecified atom stereocenters. The summed E-state index contributed by atoms with van der Waals surface area (Å²) < 4.78 is 10.9. The van der Waals surface area contributed by atoms with Crippen LogP contribution >= 0.6 is 23.8 Å². The van der Waals surface area contributed by atoms with Gasteiger partial charge in [0.1, 0.15) is 0 Å². The van der Waals surface area contributed by atoms with Gasteiger partial charge < -0.3 is 19.7 Å². The second kappa shape index (κ2) is 7.40. The maximum absolute atomic E-state index is 12.2. The third-order valence-corrected chi connectivity index (χ3v) is 4.68. The van der Waals surface area contributed by atoms with E-state index in [1.807, 2.05) is 27.0 Å². The number of methoxy groups -OCH3 is 1. The molecule has 1 heterocycles. The number of carbonyl (C=O) groups is 1. The molecular weight excluding hydrogens is 348 g/mol. The highest BCUT2D eigenvalue weighted by Gasteiger charge is 2.31. The summed E-state index contributed by atoms with van der Waals surface area (Å²) in [5.41, 5.74) is 2.26. The summed E-state index contributed by atoms with van der Waals surface area (Å²) >= 11 is 11.7. The van der Waals surface area contributed by atoms with Crippen LogP contribution < -0.4 is 14.8 Å². The van der Waals surface area contributed by atoms with E-state index >= 15 is 0 Å². The van der Waals surface area contributed by atoms with Gasteiger partial charge in [0.25, 0.3) is 0 Å². The van der Waals surface area contributed by atoms with Crippen LogP contribution in [0, 0.1) is 0 Å². The predicted molar refractivity (Wildman–Crippen MR) is 98.8 cm³/mol. The highest BCUT2D eigenvalue weighted by molar-refractivity contribution is 7.80. The van der Waals surface area contributed by atoms with Crippen LogP contribution in [-0.4, -0.2) is 36.6 Å². The van der Waals surface area contributed by atoms with Crippen LogP contribution in [0.1, 0.15) is 32.4 Å². The van der Waals surface area contributed by atoms with Gasteiger partial charge in [0, 0.05) is 18.3 Å². The Hall–Kier alpha value is -1.79. The highest BCUT2D eigenvalue weighted by Crippen LogP contribution is 2.40. The Morgan fingerprint density at radius 2 is 2.12 bits per heavy atom. The van der Waals surface area contributed by atoms with Gasteiger partial charge in [-0.15, -0.1) is 0 Å². The molecule has 1 atom stereocenters. The molecule has 130 valence electrons. The molecule has 0 saturated carbocycles. The van der Waals surface area contributed by atoms with Crippen molar-refractivity contribution >= 4 is 34.7 Å². The molecule has 0 radical (unpaired) electrons. The fourth-order valence-electron chi connectivity index (χ4n) is 2.73. The van der Waals surface area contributed by atoms with Crippen molar-refractivity contribution in [1.29, 1.82) is 0 Å². The number of thiocarbonyl (C=S) groups is 1. The van der Waals surface area contributed by atoms with E-state index in [0.29, 0.717) is 33.8 Å². The summed E-state index contributed by atoms with van der Waals surface area (Å²) in [5, 5.41) is 4.17. The molecular formula is C17H21ClN2O3S. The number of Topliss-reactive ketones (excluding diaryl/α,β-unsaturated/α-hetero) is 1. The zero-order chi connectivity index (χ0) is 18.0. The lowest BCUT2D eigenvalue weighted by Crippen LogP contribution is -2.45. The molecule has 1 aromatic rings. The molecule has 1 aromatic carbocycles. The summed E-state index contributed by atoms with van der Waals surface area (Å²) in [6.45, 7) is 5.78. The van der Waals surface area contributed by atoms with Crippen molar-refractivity contribution in [3.8, 4) is 11.5 Å². The van der Waals surface area contributed by atoms with Crippen molar-refractivity contribution in [2.75, 3.05) is 20.8 Å². The van der Waals surface area contributed by atoms with E-state index < -0.39 is 0 Å². The third-order valence-electron chi connectivity index (χ3n) is 4.01. The minimum absolute atomic E-state index is 0.0247. The second-order valence-corrected chi connectivity index (χ2v) is 6.26. The third kappa shape index (κ3) is 3.35. The van der Waals surface area contributed by atoms with Crippen molar-refractivity contribution in [2.24, 2.45) is 0 Å². The zero-order valence-corrected chi connectivity index (χ0v) is 16.0. The van der Waals surface area contributed by atoms with E-state index in [1.54, 1.807) is 25.0 Å². The van der Waals surface area contributed by atoms with E-state index in [2.05, 4.69) is 5.32 Å². The van der Waals surface area contributed by atoms with Crippen LogP contribution in [-0.2, 0) is 4.79 Å². The van der Waals surface area contributed by atoms with Crippen LogP contribution in [0.3, 0.4) is 0 Å². The Morgan fingerprint density at radius 1 is 1.46 bits per heavy atom. The van der Waals surface area contributed by atoms with Gasteiger partial charge in [-0.25, -0.2) is 0 Å². The number of nitrogens with one attached hydrogen (secondary N) is 1. The first-order chi connectivity index (χ1) is 11.3. The van der Waals surface area contributed by atoms with Gasteiger partial charge in [0.2, 0.25) is 0 Å². The first-order valence-corrected chi connectivity index (χ1v) is 8.36. The summed E-state index contributed by atoms with van der Waals surface area (Å²) in [4.78, 5) is 14.0. The van der Waals surface area contributed by atoms with Crippen molar-refractivity contribution in [1.82, 2.24) is 10.2 Å². The van der Waals surface area contributed by atoms with Gasteiger partial charge in [-0.05, 0) is 50.7 Å². The minimum Gasteiger partial charge on any atom is -0.493 e. The molecule has 24 heavy (non-hydrogen) atoms. The van der Waals surface area contributed by atoms with Gasteiger partial charge in [-0.3, -0.25) is 4.79 Å². The predicted octanol–water partition coefficient (Wildman–Crippen LogP) is 3.47. The Labute approximate surface area is 152 Å². The first-order valence-electron chi connectivity index (χ1n) is 7.57. The number of ketones is 1. The van der Waals surface area contributed by atoms with E-state index in [9.17, 15) is 4.79 Å². The number of allylic oxidation sites excluding steroid dienone is 1. The quantitative estimate of drug-likeness (QED) is 0.803. The molecule has 2 rings (SSSR count). The molecule has 0 fully saturated rings. The maximum atomic E-state index is 12.2. The zero-order valence-electron chi connectivity index (χ0n) is 14.4. The molecule has 0 aliphatic carbocycles. The molecule has 0 aromatic heterocycles. The van der Waals surface area contributed by atoms with Gasteiger partial charge in [-0.2, -0.15) is 0 Å². The highest BCUT2D eigenvalue weighted by atomic mass is 35.5. The van der Waals surface area contributed by atoms with Crippen LogP contribution in [0.5, 0.6) is 11.5 Å². The molecule has 0 saturated heterocycles. The standard InChI is InChI=1S/C17H21ClN2O3S/c1-6-23-16-12(18)7-11(8-13(16)22-5)15-14(10(3)21)9(2)20(4)17(24)19-15/h7-8,15H,6H2,1-5H3,(H,19,24). The second-order valence-electron chi connectivity index (χ2n) is 5.46. The van der Waals surface area contributed by atoms with Crippen LogP contribution in [0.25, 0.3) is 0 Å². The Morgan fingerprint density at radius 3 is 2.67 bits per heavy atom. The molecule has 1 N–H and O–H groups in total. The van der Waals surface area contributed by atoms with E-state index in [0.717, 1.165) is 11.3 Å². The first kappa shape index (κ1) is 18.5. The Bertz CT molecular complexity index is 718. The van der Waals surface area contributed by atoms with E-state index in [1.165, 1.54) is 0 Å². The average Bonchev–Trinajstić information content (AvgIpc) is 2.53. The van der Waals surface area contributed by atoms with Crippen molar-refractivity contribution in [3.05, 3.63) is 34.0 Å². The van der Waals surface area contributed by atoms with Crippen LogP contribution in [0.2, 0.25) is 5.02 Å². The van der Waals surface area contributed by atoms with E-state index in [-0.39, 0.29) is 11.8 Å². The topological polar surface area (TPSA) is 50.8 Å². The largest absolute Gasteiger partial charge is 0.493 e. The molecule has 5 nitrogen and oxygen atoms in total. The molecule has 0 spiro atoms. The average molecular weight is 369 g/mol. The number of benzene rings is 1.